The molecule has 2 rings (SSSR count). The quantitative estimate of drug-likeness (QED) is 0.571. The van der Waals surface area contributed by atoms with E-state index < -0.39 is 0 Å². The number of hydrogen-bond acceptors (Lipinski definition) is 1. The summed E-state index contributed by atoms with van der Waals surface area (Å²) in [6.07, 6.45) is 3.94. The molecule has 1 N–H and O–H groups in total. The SMILES string of the molecule is CNC(=O)C1C2CCCC21. The van der Waals surface area contributed by atoms with Gasteiger partial charge in [0.1, 0.15) is 0 Å². The molecule has 0 aromatic heterocycles. The van der Waals surface area contributed by atoms with Crippen molar-refractivity contribution < 1.29 is 4.79 Å². The Bertz CT molecular complexity index is 157. The third-order valence-electron chi connectivity index (χ3n) is 2.96. The summed E-state index contributed by atoms with van der Waals surface area (Å²) in [7, 11) is 1.73. The number of fused-ring (bicyclic) bond motifs is 1. The Morgan fingerprint density at radius 2 is 2.00 bits per heavy atom. The molecular weight excluding hydrogens is 126 g/mol. The number of amides is 1. The first-order valence-electron chi connectivity index (χ1n) is 4.06. The molecule has 0 aromatic carbocycles. The molecule has 2 unspecified atom stereocenters. The molecule has 2 heteroatoms. The van der Waals surface area contributed by atoms with Gasteiger partial charge in [-0.05, 0) is 24.7 Å². The van der Waals surface area contributed by atoms with E-state index in [2.05, 4.69) is 5.32 Å². The van der Waals surface area contributed by atoms with Crippen LogP contribution in [0.3, 0.4) is 0 Å². The Balaban J connectivity index is 1.94. The van der Waals surface area contributed by atoms with Crippen LogP contribution < -0.4 is 5.32 Å². The molecule has 10 heavy (non-hydrogen) atoms. The smallest absolute Gasteiger partial charge is 0.223 e. The minimum Gasteiger partial charge on any atom is -0.359 e. The summed E-state index contributed by atoms with van der Waals surface area (Å²) in [5, 5.41) is 2.72. The van der Waals surface area contributed by atoms with E-state index in [0.717, 1.165) is 11.8 Å². The lowest BCUT2D eigenvalue weighted by Crippen LogP contribution is -2.21. The molecule has 0 radical (unpaired) electrons. The van der Waals surface area contributed by atoms with E-state index in [1.165, 1.54) is 19.3 Å². The maximum absolute atomic E-state index is 11.1. The van der Waals surface area contributed by atoms with E-state index >= 15 is 0 Å². The number of carbonyl (C=O) groups excluding carboxylic acids is 1. The third kappa shape index (κ3) is 0.678. The molecule has 2 aliphatic carbocycles. The molecule has 2 fully saturated rings. The largest absolute Gasteiger partial charge is 0.359 e. The Labute approximate surface area is 61.0 Å². The summed E-state index contributed by atoms with van der Waals surface area (Å²) < 4.78 is 0. The van der Waals surface area contributed by atoms with Gasteiger partial charge >= 0.3 is 0 Å². The van der Waals surface area contributed by atoms with E-state index in [4.69, 9.17) is 0 Å². The molecule has 0 saturated heterocycles. The van der Waals surface area contributed by atoms with Crippen LogP contribution in [0, 0.1) is 17.8 Å². The fraction of sp³-hybridized carbons (Fsp3) is 0.875. The van der Waals surface area contributed by atoms with Gasteiger partial charge in [-0.2, -0.15) is 0 Å². The third-order valence-corrected chi connectivity index (χ3v) is 2.96. The van der Waals surface area contributed by atoms with E-state index in [1.54, 1.807) is 7.05 Å². The highest BCUT2D eigenvalue weighted by atomic mass is 16.2. The lowest BCUT2D eigenvalue weighted by atomic mass is 10.1. The van der Waals surface area contributed by atoms with Crippen molar-refractivity contribution in [2.75, 3.05) is 7.05 Å². The van der Waals surface area contributed by atoms with Gasteiger partial charge in [0.15, 0.2) is 0 Å². The summed E-state index contributed by atoms with van der Waals surface area (Å²) in [6, 6.07) is 0. The summed E-state index contributed by atoms with van der Waals surface area (Å²) in [5.41, 5.74) is 0. The average molecular weight is 139 g/mol. The average Bonchev–Trinajstić information content (AvgIpc) is 2.43. The van der Waals surface area contributed by atoms with Crippen LogP contribution in [-0.2, 0) is 4.79 Å². The van der Waals surface area contributed by atoms with Crippen molar-refractivity contribution in [3.63, 3.8) is 0 Å². The van der Waals surface area contributed by atoms with E-state index in [1.807, 2.05) is 0 Å². The van der Waals surface area contributed by atoms with Crippen molar-refractivity contribution in [2.45, 2.75) is 19.3 Å². The molecule has 2 aliphatic rings. The van der Waals surface area contributed by atoms with Gasteiger partial charge in [-0.25, -0.2) is 0 Å². The van der Waals surface area contributed by atoms with Gasteiger partial charge in [-0.3, -0.25) is 4.79 Å². The van der Waals surface area contributed by atoms with Gasteiger partial charge in [-0.1, -0.05) is 6.42 Å². The molecule has 56 valence electrons. The molecule has 0 spiro atoms. The highest BCUT2D eigenvalue weighted by Crippen LogP contribution is 2.57. The predicted octanol–water partition coefficient (Wildman–Crippen LogP) is 0.778. The lowest BCUT2D eigenvalue weighted by molar-refractivity contribution is -0.122. The summed E-state index contributed by atoms with van der Waals surface area (Å²) >= 11 is 0. The van der Waals surface area contributed by atoms with Crippen LogP contribution >= 0.6 is 0 Å². The van der Waals surface area contributed by atoms with E-state index in [9.17, 15) is 4.79 Å². The fourth-order valence-corrected chi connectivity index (χ4v) is 2.38. The number of nitrogens with one attached hydrogen (secondary N) is 1. The van der Waals surface area contributed by atoms with Crippen molar-refractivity contribution in [3.05, 3.63) is 0 Å². The summed E-state index contributed by atoms with van der Waals surface area (Å²) in [5.74, 6) is 2.20. The van der Waals surface area contributed by atoms with Gasteiger partial charge in [0, 0.05) is 13.0 Å². The van der Waals surface area contributed by atoms with Crippen molar-refractivity contribution in [1.29, 1.82) is 0 Å². The monoisotopic (exact) mass is 139 g/mol. The van der Waals surface area contributed by atoms with Crippen LogP contribution in [-0.4, -0.2) is 13.0 Å². The second-order valence-corrected chi connectivity index (χ2v) is 3.40. The van der Waals surface area contributed by atoms with Crippen LogP contribution in [0.1, 0.15) is 19.3 Å². The topological polar surface area (TPSA) is 29.1 Å². The molecule has 1 amide bonds. The molecule has 2 atom stereocenters. The van der Waals surface area contributed by atoms with Crippen LogP contribution in [0.25, 0.3) is 0 Å². The summed E-state index contributed by atoms with van der Waals surface area (Å²) in [4.78, 5) is 11.1. The van der Waals surface area contributed by atoms with E-state index in [0.29, 0.717) is 5.92 Å². The zero-order valence-corrected chi connectivity index (χ0v) is 6.26. The van der Waals surface area contributed by atoms with Gasteiger partial charge < -0.3 is 5.32 Å². The molecular formula is C8H13NO. The van der Waals surface area contributed by atoms with Crippen molar-refractivity contribution in [3.8, 4) is 0 Å². The molecule has 0 heterocycles. The second-order valence-electron chi connectivity index (χ2n) is 3.40. The lowest BCUT2D eigenvalue weighted by Gasteiger charge is -1.99. The second kappa shape index (κ2) is 1.97. The Morgan fingerprint density at radius 1 is 1.40 bits per heavy atom. The van der Waals surface area contributed by atoms with Gasteiger partial charge in [0.25, 0.3) is 0 Å². The highest BCUT2D eigenvalue weighted by Gasteiger charge is 2.56. The first kappa shape index (κ1) is 6.20. The van der Waals surface area contributed by atoms with Gasteiger partial charge in [-0.15, -0.1) is 0 Å². The summed E-state index contributed by atoms with van der Waals surface area (Å²) in [6.45, 7) is 0. The van der Waals surface area contributed by atoms with Gasteiger partial charge in [0.2, 0.25) is 5.91 Å². The molecule has 0 bridgehead atoms. The first-order valence-corrected chi connectivity index (χ1v) is 4.06. The van der Waals surface area contributed by atoms with Crippen molar-refractivity contribution in [1.82, 2.24) is 5.32 Å². The molecule has 0 aromatic rings. The maximum Gasteiger partial charge on any atom is 0.223 e. The van der Waals surface area contributed by atoms with Crippen molar-refractivity contribution in [2.24, 2.45) is 17.8 Å². The molecule has 2 saturated carbocycles. The Kier molecular flexibility index (Phi) is 1.22. The van der Waals surface area contributed by atoms with Crippen LogP contribution in [0.5, 0.6) is 0 Å². The zero-order chi connectivity index (χ0) is 7.14. The fourth-order valence-electron chi connectivity index (χ4n) is 2.38. The van der Waals surface area contributed by atoms with Gasteiger partial charge in [0.05, 0.1) is 0 Å². The minimum atomic E-state index is 0.273. The van der Waals surface area contributed by atoms with E-state index in [-0.39, 0.29) is 5.91 Å². The van der Waals surface area contributed by atoms with Crippen LogP contribution in [0.15, 0.2) is 0 Å². The van der Waals surface area contributed by atoms with Crippen LogP contribution in [0.4, 0.5) is 0 Å². The molecule has 2 nitrogen and oxygen atoms in total. The standard InChI is InChI=1S/C8H13NO/c1-9-8(10)7-5-3-2-4-6(5)7/h5-7H,2-4H2,1H3,(H,9,10). The first-order chi connectivity index (χ1) is 4.84. The highest BCUT2D eigenvalue weighted by molar-refractivity contribution is 5.82. The zero-order valence-electron chi connectivity index (χ0n) is 6.26. The molecule has 0 aliphatic heterocycles. The number of rotatable bonds is 1. The number of hydrogen-bond donors (Lipinski definition) is 1. The minimum absolute atomic E-state index is 0.273. The Morgan fingerprint density at radius 3 is 2.50 bits per heavy atom. The van der Waals surface area contributed by atoms with Crippen molar-refractivity contribution >= 4 is 5.91 Å². The Hall–Kier alpha value is -0.530. The normalized spacial score (nSPS) is 42.7. The predicted molar refractivity (Wildman–Crippen MR) is 38.4 cm³/mol. The maximum atomic E-state index is 11.1. The number of carbonyl (C=O) groups is 1. The van der Waals surface area contributed by atoms with Crippen LogP contribution in [0.2, 0.25) is 0 Å².